The van der Waals surface area contributed by atoms with Crippen molar-refractivity contribution in [3.8, 4) is 11.5 Å². The Hall–Kier alpha value is -3.02. The zero-order chi connectivity index (χ0) is 19.1. The fourth-order valence-electron chi connectivity index (χ4n) is 2.94. The van der Waals surface area contributed by atoms with Crippen LogP contribution in [-0.4, -0.2) is 37.2 Å². The molecule has 0 N–H and O–H groups in total. The summed E-state index contributed by atoms with van der Waals surface area (Å²) in [6.45, 7) is 1.07. The Kier molecular flexibility index (Phi) is 6.30. The topological polar surface area (TPSA) is 65.1 Å². The van der Waals surface area contributed by atoms with E-state index in [4.69, 9.17) is 9.47 Å². The van der Waals surface area contributed by atoms with E-state index in [1.165, 1.54) is 4.90 Å². The number of carbonyl (C=O) groups excluding carboxylic acids is 2. The molecule has 2 aromatic carbocycles. The minimum Gasteiger partial charge on any atom is -0.493 e. The van der Waals surface area contributed by atoms with Crippen LogP contribution in [0.3, 0.4) is 0 Å². The molecule has 1 heterocycles. The van der Waals surface area contributed by atoms with Gasteiger partial charge in [0.15, 0.2) is 11.5 Å². The van der Waals surface area contributed by atoms with Crippen LogP contribution < -0.4 is 9.47 Å². The van der Waals surface area contributed by atoms with Gasteiger partial charge in [0.25, 0.3) is 0 Å². The maximum Gasteiger partial charge on any atom is 0.418 e. The third kappa shape index (κ3) is 5.23. The van der Waals surface area contributed by atoms with E-state index in [0.29, 0.717) is 24.7 Å². The molecular formula is C21H23NO5. The molecule has 0 aliphatic carbocycles. The lowest BCUT2D eigenvalue weighted by Crippen LogP contribution is -2.25. The van der Waals surface area contributed by atoms with Crippen molar-refractivity contribution >= 4 is 12.1 Å². The van der Waals surface area contributed by atoms with Crippen LogP contribution in [0.5, 0.6) is 11.5 Å². The SMILES string of the molecule is COc1cc(CCCCN2CC(=O)OC2=O)ccc1OCc1ccccc1. The molecule has 6 heteroatoms. The van der Waals surface area contributed by atoms with Gasteiger partial charge in [-0.1, -0.05) is 36.4 Å². The van der Waals surface area contributed by atoms with E-state index in [0.717, 1.165) is 30.4 Å². The number of esters is 1. The van der Waals surface area contributed by atoms with Crippen molar-refractivity contribution in [3.05, 3.63) is 59.7 Å². The first-order chi connectivity index (χ1) is 13.2. The van der Waals surface area contributed by atoms with E-state index in [2.05, 4.69) is 4.74 Å². The highest BCUT2D eigenvalue weighted by Crippen LogP contribution is 2.29. The number of cyclic esters (lactones) is 2. The van der Waals surface area contributed by atoms with Crippen LogP contribution in [0.4, 0.5) is 4.79 Å². The molecule has 1 amide bonds. The van der Waals surface area contributed by atoms with Gasteiger partial charge in [-0.25, -0.2) is 9.59 Å². The zero-order valence-electron chi connectivity index (χ0n) is 15.3. The zero-order valence-corrected chi connectivity index (χ0v) is 15.3. The Morgan fingerprint density at radius 1 is 1.00 bits per heavy atom. The quantitative estimate of drug-likeness (QED) is 0.384. The Morgan fingerprint density at radius 2 is 1.81 bits per heavy atom. The van der Waals surface area contributed by atoms with Crippen LogP contribution in [-0.2, 0) is 22.6 Å². The molecule has 142 valence electrons. The van der Waals surface area contributed by atoms with Crippen molar-refractivity contribution in [2.45, 2.75) is 25.9 Å². The number of hydrogen-bond acceptors (Lipinski definition) is 5. The summed E-state index contributed by atoms with van der Waals surface area (Å²) in [5.74, 6) is 0.941. The fourth-order valence-corrected chi connectivity index (χ4v) is 2.94. The predicted molar refractivity (Wildman–Crippen MR) is 99.8 cm³/mol. The lowest BCUT2D eigenvalue weighted by atomic mass is 10.1. The Bertz CT molecular complexity index is 790. The molecule has 0 unspecified atom stereocenters. The molecule has 1 fully saturated rings. The highest BCUT2D eigenvalue weighted by molar-refractivity contribution is 5.92. The van der Waals surface area contributed by atoms with E-state index in [9.17, 15) is 9.59 Å². The van der Waals surface area contributed by atoms with Crippen LogP contribution in [0, 0.1) is 0 Å². The Labute approximate surface area is 158 Å². The van der Waals surface area contributed by atoms with Gasteiger partial charge in [0.1, 0.15) is 13.2 Å². The van der Waals surface area contributed by atoms with E-state index >= 15 is 0 Å². The molecule has 6 nitrogen and oxygen atoms in total. The fraction of sp³-hybridized carbons (Fsp3) is 0.333. The van der Waals surface area contributed by atoms with Gasteiger partial charge in [-0.05, 0) is 42.5 Å². The van der Waals surface area contributed by atoms with Crippen molar-refractivity contribution in [2.24, 2.45) is 0 Å². The molecule has 0 aromatic heterocycles. The lowest BCUT2D eigenvalue weighted by Gasteiger charge is -2.13. The average Bonchev–Trinajstić information content (AvgIpc) is 3.01. The number of rotatable bonds is 9. The van der Waals surface area contributed by atoms with Crippen molar-refractivity contribution in [3.63, 3.8) is 0 Å². The van der Waals surface area contributed by atoms with Crippen LogP contribution in [0.2, 0.25) is 0 Å². The maximum absolute atomic E-state index is 11.4. The van der Waals surface area contributed by atoms with Gasteiger partial charge in [-0.3, -0.25) is 4.90 Å². The minimum atomic E-state index is -0.540. The first-order valence-corrected chi connectivity index (χ1v) is 8.99. The van der Waals surface area contributed by atoms with Gasteiger partial charge in [0, 0.05) is 6.54 Å². The molecule has 0 saturated carbocycles. The predicted octanol–water partition coefficient (Wildman–Crippen LogP) is 3.58. The van der Waals surface area contributed by atoms with E-state index in [-0.39, 0.29) is 6.54 Å². The van der Waals surface area contributed by atoms with Crippen molar-refractivity contribution in [1.29, 1.82) is 0 Å². The largest absolute Gasteiger partial charge is 0.493 e. The molecule has 0 radical (unpaired) electrons. The summed E-state index contributed by atoms with van der Waals surface area (Å²) in [5, 5.41) is 0. The van der Waals surface area contributed by atoms with Crippen LogP contribution >= 0.6 is 0 Å². The Balaban J connectivity index is 1.48. The third-order valence-electron chi connectivity index (χ3n) is 4.39. The van der Waals surface area contributed by atoms with Gasteiger partial charge in [-0.15, -0.1) is 0 Å². The maximum atomic E-state index is 11.4. The highest BCUT2D eigenvalue weighted by atomic mass is 16.6. The summed E-state index contributed by atoms with van der Waals surface area (Å²) in [6, 6.07) is 15.9. The summed E-state index contributed by atoms with van der Waals surface area (Å²) < 4.78 is 15.8. The van der Waals surface area contributed by atoms with Gasteiger partial charge in [0.2, 0.25) is 0 Å². The second-order valence-electron chi connectivity index (χ2n) is 6.38. The van der Waals surface area contributed by atoms with Crippen molar-refractivity contribution in [2.75, 3.05) is 20.2 Å². The number of ether oxygens (including phenoxy) is 3. The molecule has 1 aliphatic heterocycles. The second kappa shape index (κ2) is 9.07. The Morgan fingerprint density at radius 3 is 2.52 bits per heavy atom. The summed E-state index contributed by atoms with van der Waals surface area (Å²) in [5.41, 5.74) is 2.24. The summed E-state index contributed by atoms with van der Waals surface area (Å²) >= 11 is 0. The first kappa shape index (κ1) is 18.8. The standard InChI is InChI=1S/C21H23NO5/c1-25-19-13-16(7-5-6-12-22-14-20(23)27-21(22)24)10-11-18(19)26-15-17-8-3-2-4-9-17/h2-4,8-11,13H,5-7,12,14-15H2,1H3. The van der Waals surface area contributed by atoms with Gasteiger partial charge >= 0.3 is 12.1 Å². The number of nitrogens with zero attached hydrogens (tertiary/aromatic N) is 1. The first-order valence-electron chi connectivity index (χ1n) is 8.99. The number of amides is 1. The number of carbonyl (C=O) groups is 2. The summed E-state index contributed by atoms with van der Waals surface area (Å²) in [6.07, 6.45) is 2.01. The normalized spacial score (nSPS) is 13.6. The van der Waals surface area contributed by atoms with E-state index in [1.54, 1.807) is 7.11 Å². The number of hydrogen-bond donors (Lipinski definition) is 0. The van der Waals surface area contributed by atoms with Gasteiger partial charge < -0.3 is 14.2 Å². The van der Waals surface area contributed by atoms with Crippen molar-refractivity contribution in [1.82, 2.24) is 4.90 Å². The van der Waals surface area contributed by atoms with E-state index < -0.39 is 12.1 Å². The average molecular weight is 369 g/mol. The summed E-state index contributed by atoms with van der Waals surface area (Å²) in [4.78, 5) is 23.9. The second-order valence-corrected chi connectivity index (χ2v) is 6.38. The van der Waals surface area contributed by atoms with Gasteiger partial charge in [-0.2, -0.15) is 0 Å². The van der Waals surface area contributed by atoms with Crippen LogP contribution in [0.25, 0.3) is 0 Å². The van der Waals surface area contributed by atoms with Crippen LogP contribution in [0.1, 0.15) is 24.0 Å². The molecule has 0 spiro atoms. The molecule has 1 saturated heterocycles. The highest BCUT2D eigenvalue weighted by Gasteiger charge is 2.28. The number of unbranched alkanes of at least 4 members (excludes halogenated alkanes) is 1. The minimum absolute atomic E-state index is 0.0557. The number of methoxy groups -OCH3 is 1. The van der Waals surface area contributed by atoms with Crippen molar-refractivity contribution < 1.29 is 23.8 Å². The summed E-state index contributed by atoms with van der Waals surface area (Å²) in [7, 11) is 1.63. The molecule has 0 atom stereocenters. The molecular weight excluding hydrogens is 346 g/mol. The van der Waals surface area contributed by atoms with E-state index in [1.807, 2.05) is 48.5 Å². The number of benzene rings is 2. The molecule has 0 bridgehead atoms. The number of aryl methyl sites for hydroxylation is 1. The molecule has 27 heavy (non-hydrogen) atoms. The lowest BCUT2D eigenvalue weighted by molar-refractivity contribution is -0.132. The van der Waals surface area contributed by atoms with Gasteiger partial charge in [0.05, 0.1) is 7.11 Å². The monoisotopic (exact) mass is 369 g/mol. The third-order valence-corrected chi connectivity index (χ3v) is 4.39. The molecule has 1 aliphatic rings. The molecule has 2 aromatic rings. The van der Waals surface area contributed by atoms with Crippen LogP contribution in [0.15, 0.2) is 48.5 Å². The smallest absolute Gasteiger partial charge is 0.418 e. The molecule has 3 rings (SSSR count).